The normalized spacial score (nSPS) is 19.5. The molecule has 0 aromatic carbocycles. The number of thiocarbonyl (C=S) groups is 2. The Labute approximate surface area is 154 Å². The maximum Gasteiger partial charge on any atom is 0.185 e. The quantitative estimate of drug-likeness (QED) is 0.205. The molecule has 2 fully saturated rings. The van der Waals surface area contributed by atoms with E-state index in [-0.39, 0.29) is 0 Å². The lowest BCUT2D eigenvalue weighted by atomic mass is 10.4. The third-order valence-corrected chi connectivity index (χ3v) is 4.71. The van der Waals surface area contributed by atoms with Crippen molar-refractivity contribution < 1.29 is 19.3 Å². The van der Waals surface area contributed by atoms with Gasteiger partial charge in [-0.25, -0.2) is 0 Å². The van der Waals surface area contributed by atoms with Crippen LogP contribution in [-0.2, 0) is 9.47 Å². The van der Waals surface area contributed by atoms with Crippen LogP contribution in [0.3, 0.4) is 0 Å². The molecule has 0 unspecified atom stereocenters. The molecule has 2 saturated heterocycles. The zero-order valence-electron chi connectivity index (χ0n) is 14.1. The zero-order chi connectivity index (χ0) is 17.0. The van der Waals surface area contributed by atoms with E-state index in [2.05, 4.69) is 21.5 Å². The van der Waals surface area contributed by atoms with Crippen molar-refractivity contribution in [2.45, 2.75) is 0 Å². The number of hydrazine groups is 1. The molecule has 0 aliphatic carbocycles. The second kappa shape index (κ2) is 11.7. The Morgan fingerprint density at radius 3 is 1.46 bits per heavy atom. The van der Waals surface area contributed by atoms with E-state index in [4.69, 9.17) is 33.9 Å². The molecule has 0 spiro atoms. The van der Waals surface area contributed by atoms with Crippen molar-refractivity contribution in [1.82, 2.24) is 21.5 Å². The van der Waals surface area contributed by atoms with Gasteiger partial charge in [-0.3, -0.25) is 10.9 Å². The third-order valence-electron chi connectivity index (χ3n) is 4.22. The van der Waals surface area contributed by atoms with Gasteiger partial charge in [0.05, 0.1) is 52.6 Å². The molecule has 6 N–H and O–H groups in total. The van der Waals surface area contributed by atoms with Crippen LogP contribution in [0.2, 0.25) is 0 Å². The fraction of sp³-hybridized carbons (Fsp3) is 0.857. The summed E-state index contributed by atoms with van der Waals surface area (Å²) in [7, 11) is 0. The number of morpholine rings is 2. The van der Waals surface area contributed by atoms with Gasteiger partial charge in [-0.1, -0.05) is 0 Å². The number of nitrogens with one attached hydrogen (secondary N) is 6. The topological polar surface area (TPSA) is 75.5 Å². The predicted octanol–water partition coefficient (Wildman–Crippen LogP) is -4.34. The molecule has 10 heteroatoms. The molecule has 2 heterocycles. The second-order valence-electron chi connectivity index (χ2n) is 5.99. The average Bonchev–Trinajstić information content (AvgIpc) is 2.62. The van der Waals surface area contributed by atoms with Gasteiger partial charge in [-0.15, -0.1) is 0 Å². The highest BCUT2D eigenvalue weighted by Gasteiger charge is 2.14. The van der Waals surface area contributed by atoms with Crippen LogP contribution in [0.4, 0.5) is 0 Å². The molecule has 138 valence electrons. The molecule has 2 rings (SSSR count). The monoisotopic (exact) mass is 378 g/mol. The molecule has 0 aromatic heterocycles. The molecule has 2 aliphatic heterocycles. The molecular weight excluding hydrogens is 348 g/mol. The standard InChI is InChI=1S/C14H28N6O2S2/c23-13(15-1-3-19-5-9-21-10-6-19)17-18-14(24)16-2-4-20-7-11-22-12-8-20/h1-12H2,(H2,15,17,23)(H2,16,18,24)/p+2. The summed E-state index contributed by atoms with van der Waals surface area (Å²) in [4.78, 5) is 3.10. The molecule has 2 aliphatic rings. The summed E-state index contributed by atoms with van der Waals surface area (Å²) in [5, 5.41) is 7.49. The van der Waals surface area contributed by atoms with Crippen LogP contribution in [-0.4, -0.2) is 89.0 Å². The Hall–Kier alpha value is -0.780. The number of ether oxygens (including phenoxy) is 2. The van der Waals surface area contributed by atoms with Crippen LogP contribution in [0, 0.1) is 0 Å². The van der Waals surface area contributed by atoms with Gasteiger partial charge in [0.2, 0.25) is 0 Å². The minimum atomic E-state index is 0.561. The fourth-order valence-electron chi connectivity index (χ4n) is 2.73. The maximum absolute atomic E-state index is 5.34. The molecule has 0 atom stereocenters. The molecule has 0 amide bonds. The second-order valence-corrected chi connectivity index (χ2v) is 6.80. The van der Waals surface area contributed by atoms with E-state index in [0.29, 0.717) is 10.2 Å². The molecular formula is C14H30N6O2S2+2. The van der Waals surface area contributed by atoms with Crippen molar-refractivity contribution in [3.05, 3.63) is 0 Å². The van der Waals surface area contributed by atoms with Gasteiger partial charge in [0, 0.05) is 0 Å². The van der Waals surface area contributed by atoms with Gasteiger partial charge in [0.1, 0.15) is 26.2 Å². The van der Waals surface area contributed by atoms with E-state index in [1.165, 1.54) is 0 Å². The number of hydrogen-bond acceptors (Lipinski definition) is 4. The molecule has 24 heavy (non-hydrogen) atoms. The van der Waals surface area contributed by atoms with Gasteiger partial charge in [-0.2, -0.15) is 0 Å². The van der Waals surface area contributed by atoms with Crippen LogP contribution in [0.15, 0.2) is 0 Å². The lowest BCUT2D eigenvalue weighted by molar-refractivity contribution is -0.906. The Kier molecular flexibility index (Phi) is 9.54. The largest absolute Gasteiger partial charge is 0.370 e. The SMILES string of the molecule is S=C(NCC[NH+]1CCOCC1)NNC(=S)NCC[NH+]1CCOCC1. The zero-order valence-corrected chi connectivity index (χ0v) is 15.8. The van der Waals surface area contributed by atoms with Crippen molar-refractivity contribution in [3.8, 4) is 0 Å². The van der Waals surface area contributed by atoms with E-state index in [1.54, 1.807) is 9.80 Å². The summed E-state index contributed by atoms with van der Waals surface area (Å²) in [5.74, 6) is 0. The van der Waals surface area contributed by atoms with Crippen molar-refractivity contribution >= 4 is 34.7 Å². The van der Waals surface area contributed by atoms with Gasteiger partial charge >= 0.3 is 0 Å². The lowest BCUT2D eigenvalue weighted by Gasteiger charge is -2.24. The Morgan fingerprint density at radius 2 is 1.08 bits per heavy atom. The molecule has 8 nitrogen and oxygen atoms in total. The van der Waals surface area contributed by atoms with E-state index in [0.717, 1.165) is 78.8 Å². The van der Waals surface area contributed by atoms with Crippen LogP contribution >= 0.6 is 24.4 Å². The number of quaternary nitrogens is 2. The lowest BCUT2D eigenvalue weighted by Crippen LogP contribution is -3.14. The summed E-state index contributed by atoms with van der Waals surface area (Å²) in [6.45, 7) is 11.4. The summed E-state index contributed by atoms with van der Waals surface area (Å²) in [6.07, 6.45) is 0. The summed E-state index contributed by atoms with van der Waals surface area (Å²) in [5.41, 5.74) is 5.83. The first kappa shape index (κ1) is 19.5. The van der Waals surface area contributed by atoms with Crippen molar-refractivity contribution in [3.63, 3.8) is 0 Å². The fourth-order valence-corrected chi connectivity index (χ4v) is 3.03. The van der Waals surface area contributed by atoms with Gasteiger partial charge in [0.15, 0.2) is 10.2 Å². The van der Waals surface area contributed by atoms with Crippen molar-refractivity contribution in [2.24, 2.45) is 0 Å². The van der Waals surface area contributed by atoms with Crippen LogP contribution in [0.1, 0.15) is 0 Å². The predicted molar refractivity (Wildman–Crippen MR) is 100 cm³/mol. The van der Waals surface area contributed by atoms with Gasteiger partial charge < -0.3 is 29.9 Å². The number of hydrogen-bond donors (Lipinski definition) is 6. The molecule has 0 saturated carbocycles. The minimum Gasteiger partial charge on any atom is -0.370 e. The van der Waals surface area contributed by atoms with Crippen LogP contribution in [0.25, 0.3) is 0 Å². The van der Waals surface area contributed by atoms with Crippen LogP contribution in [0.5, 0.6) is 0 Å². The molecule has 0 aromatic rings. The highest BCUT2D eigenvalue weighted by atomic mass is 32.1. The summed E-state index contributed by atoms with van der Waals surface area (Å²) >= 11 is 10.5. The first-order valence-corrected chi connectivity index (χ1v) is 9.46. The van der Waals surface area contributed by atoms with E-state index in [9.17, 15) is 0 Å². The smallest absolute Gasteiger partial charge is 0.185 e. The van der Waals surface area contributed by atoms with Crippen LogP contribution < -0.4 is 31.3 Å². The highest BCUT2D eigenvalue weighted by Crippen LogP contribution is 1.75. The first-order chi connectivity index (χ1) is 11.7. The Bertz CT molecular complexity index is 353. The highest BCUT2D eigenvalue weighted by molar-refractivity contribution is 7.80. The van der Waals surface area contributed by atoms with Gasteiger partial charge in [-0.05, 0) is 24.4 Å². The van der Waals surface area contributed by atoms with E-state index >= 15 is 0 Å². The molecule has 0 radical (unpaired) electrons. The van der Waals surface area contributed by atoms with E-state index in [1.807, 2.05) is 0 Å². The van der Waals surface area contributed by atoms with Gasteiger partial charge in [0.25, 0.3) is 0 Å². The first-order valence-electron chi connectivity index (χ1n) is 8.64. The third kappa shape index (κ3) is 8.36. The minimum absolute atomic E-state index is 0.561. The summed E-state index contributed by atoms with van der Waals surface area (Å²) < 4.78 is 10.7. The van der Waals surface area contributed by atoms with Crippen molar-refractivity contribution in [2.75, 3.05) is 78.8 Å². The molecule has 0 bridgehead atoms. The number of rotatable bonds is 6. The Balaban J connectivity index is 1.44. The Morgan fingerprint density at radius 1 is 0.708 bits per heavy atom. The van der Waals surface area contributed by atoms with E-state index < -0.39 is 0 Å². The maximum atomic E-state index is 5.34. The average molecular weight is 379 g/mol. The summed E-state index contributed by atoms with van der Waals surface area (Å²) in [6, 6.07) is 0. The van der Waals surface area contributed by atoms with Crippen molar-refractivity contribution in [1.29, 1.82) is 0 Å².